The molecule has 1 unspecified atom stereocenters. The molecule has 1 atom stereocenters. The second-order valence-electron chi connectivity index (χ2n) is 6.31. The highest BCUT2D eigenvalue weighted by Crippen LogP contribution is 2.14. The summed E-state index contributed by atoms with van der Waals surface area (Å²) in [7, 11) is 4.26. The van der Waals surface area contributed by atoms with Gasteiger partial charge < -0.3 is 9.80 Å². The molecular formula is C17H26N2O. The van der Waals surface area contributed by atoms with Gasteiger partial charge in [-0.05, 0) is 33.5 Å². The van der Waals surface area contributed by atoms with E-state index >= 15 is 0 Å². The Kier molecular flexibility index (Phi) is 4.95. The van der Waals surface area contributed by atoms with Gasteiger partial charge in [0, 0.05) is 38.5 Å². The van der Waals surface area contributed by atoms with Crippen LogP contribution in [-0.2, 0) is 11.2 Å². The van der Waals surface area contributed by atoms with E-state index < -0.39 is 0 Å². The maximum Gasteiger partial charge on any atom is 0.138 e. The SMILES string of the molecule is Cc1cc(C)cc(CC(=O)CC2CN(C)CCN2C)c1. The number of benzene rings is 1. The van der Waals surface area contributed by atoms with E-state index in [2.05, 4.69) is 55.9 Å². The van der Waals surface area contributed by atoms with E-state index in [-0.39, 0.29) is 0 Å². The van der Waals surface area contributed by atoms with Gasteiger partial charge in [0.2, 0.25) is 0 Å². The Labute approximate surface area is 122 Å². The van der Waals surface area contributed by atoms with Crippen molar-refractivity contribution in [2.45, 2.75) is 32.7 Å². The topological polar surface area (TPSA) is 23.6 Å². The van der Waals surface area contributed by atoms with Crippen LogP contribution in [0, 0.1) is 13.8 Å². The molecule has 0 aromatic heterocycles. The lowest BCUT2D eigenvalue weighted by Crippen LogP contribution is -2.50. The van der Waals surface area contributed by atoms with Gasteiger partial charge in [0.25, 0.3) is 0 Å². The first-order valence-electron chi connectivity index (χ1n) is 7.41. The van der Waals surface area contributed by atoms with Gasteiger partial charge in [0.05, 0.1) is 0 Å². The number of carbonyl (C=O) groups excluding carboxylic acids is 1. The Morgan fingerprint density at radius 1 is 1.15 bits per heavy atom. The smallest absolute Gasteiger partial charge is 0.138 e. The molecule has 1 aliphatic rings. The molecule has 1 saturated heterocycles. The second kappa shape index (κ2) is 6.51. The van der Waals surface area contributed by atoms with E-state index in [1.807, 2.05) is 0 Å². The number of ketones is 1. The molecule has 3 nitrogen and oxygen atoms in total. The van der Waals surface area contributed by atoms with Crippen LogP contribution in [0.2, 0.25) is 0 Å². The van der Waals surface area contributed by atoms with Crippen molar-refractivity contribution in [1.82, 2.24) is 9.80 Å². The van der Waals surface area contributed by atoms with Crippen LogP contribution in [-0.4, -0.2) is 55.4 Å². The average molecular weight is 274 g/mol. The summed E-state index contributed by atoms with van der Waals surface area (Å²) in [5.74, 6) is 0.349. The van der Waals surface area contributed by atoms with Crippen LogP contribution in [0.15, 0.2) is 18.2 Å². The summed E-state index contributed by atoms with van der Waals surface area (Å²) in [5.41, 5.74) is 3.63. The summed E-state index contributed by atoms with van der Waals surface area (Å²) in [6, 6.07) is 6.77. The molecule has 1 fully saturated rings. The standard InChI is InChI=1S/C17H26N2O/c1-13-7-14(2)9-15(8-13)10-17(20)11-16-12-18(3)5-6-19(16)4/h7-9,16H,5-6,10-12H2,1-4H3. The summed E-state index contributed by atoms with van der Waals surface area (Å²) in [6.45, 7) is 7.32. The zero-order valence-corrected chi connectivity index (χ0v) is 13.1. The molecule has 0 aliphatic carbocycles. The van der Waals surface area contributed by atoms with Crippen molar-refractivity contribution in [3.8, 4) is 0 Å². The maximum absolute atomic E-state index is 12.3. The highest BCUT2D eigenvalue weighted by atomic mass is 16.1. The fourth-order valence-corrected chi connectivity index (χ4v) is 3.06. The summed E-state index contributed by atoms with van der Waals surface area (Å²) in [6.07, 6.45) is 1.23. The lowest BCUT2D eigenvalue weighted by atomic mass is 9.98. The Bertz CT molecular complexity index is 464. The van der Waals surface area contributed by atoms with Gasteiger partial charge in [-0.15, -0.1) is 0 Å². The van der Waals surface area contributed by atoms with Crippen molar-refractivity contribution in [1.29, 1.82) is 0 Å². The minimum Gasteiger partial charge on any atom is -0.304 e. The van der Waals surface area contributed by atoms with Crippen LogP contribution < -0.4 is 0 Å². The number of rotatable bonds is 4. The van der Waals surface area contributed by atoms with Gasteiger partial charge >= 0.3 is 0 Å². The number of likely N-dealkylation sites (N-methyl/N-ethyl adjacent to an activating group) is 2. The van der Waals surface area contributed by atoms with Crippen LogP contribution >= 0.6 is 0 Å². The molecule has 0 radical (unpaired) electrons. The van der Waals surface area contributed by atoms with Gasteiger partial charge in [-0.2, -0.15) is 0 Å². The number of carbonyl (C=O) groups is 1. The van der Waals surface area contributed by atoms with E-state index in [4.69, 9.17) is 0 Å². The number of aryl methyl sites for hydroxylation is 2. The average Bonchev–Trinajstić information content (AvgIpc) is 2.32. The van der Waals surface area contributed by atoms with Crippen molar-refractivity contribution < 1.29 is 4.79 Å². The summed E-state index contributed by atoms with van der Waals surface area (Å²) < 4.78 is 0. The monoisotopic (exact) mass is 274 g/mol. The number of nitrogens with zero attached hydrogens (tertiary/aromatic N) is 2. The van der Waals surface area contributed by atoms with Gasteiger partial charge in [-0.25, -0.2) is 0 Å². The zero-order valence-electron chi connectivity index (χ0n) is 13.1. The fraction of sp³-hybridized carbons (Fsp3) is 0.588. The molecule has 20 heavy (non-hydrogen) atoms. The van der Waals surface area contributed by atoms with E-state index in [1.165, 1.54) is 11.1 Å². The number of Topliss-reactive ketones (excluding diaryl/α,β-unsaturated/α-hetero) is 1. The third-order valence-electron chi connectivity index (χ3n) is 4.13. The van der Waals surface area contributed by atoms with E-state index in [9.17, 15) is 4.79 Å². The highest BCUT2D eigenvalue weighted by Gasteiger charge is 2.24. The van der Waals surface area contributed by atoms with Gasteiger partial charge in [0.15, 0.2) is 0 Å². The molecule has 1 aromatic rings. The summed E-state index contributed by atoms with van der Waals surface area (Å²) in [5, 5.41) is 0. The van der Waals surface area contributed by atoms with Crippen molar-refractivity contribution in [3.63, 3.8) is 0 Å². The van der Waals surface area contributed by atoms with Crippen molar-refractivity contribution >= 4 is 5.78 Å². The Hall–Kier alpha value is -1.19. The largest absolute Gasteiger partial charge is 0.304 e. The third kappa shape index (κ3) is 4.15. The lowest BCUT2D eigenvalue weighted by molar-refractivity contribution is -0.120. The molecule has 1 heterocycles. The summed E-state index contributed by atoms with van der Waals surface area (Å²) in [4.78, 5) is 16.9. The van der Waals surface area contributed by atoms with Gasteiger partial charge in [-0.3, -0.25) is 4.79 Å². The molecular weight excluding hydrogens is 248 g/mol. The van der Waals surface area contributed by atoms with E-state index in [0.717, 1.165) is 25.2 Å². The van der Waals surface area contributed by atoms with Crippen LogP contribution in [0.5, 0.6) is 0 Å². The van der Waals surface area contributed by atoms with Crippen LogP contribution in [0.1, 0.15) is 23.1 Å². The molecule has 0 N–H and O–H groups in total. The zero-order chi connectivity index (χ0) is 14.7. The first-order valence-corrected chi connectivity index (χ1v) is 7.41. The molecule has 110 valence electrons. The predicted octanol–water partition coefficient (Wildman–Crippen LogP) is 2.05. The Morgan fingerprint density at radius 3 is 2.45 bits per heavy atom. The van der Waals surface area contributed by atoms with Gasteiger partial charge in [-0.1, -0.05) is 29.3 Å². The van der Waals surface area contributed by atoms with E-state index in [0.29, 0.717) is 24.7 Å². The first kappa shape index (κ1) is 15.2. The van der Waals surface area contributed by atoms with E-state index in [1.54, 1.807) is 0 Å². The molecule has 3 heteroatoms. The van der Waals surface area contributed by atoms with Crippen molar-refractivity contribution in [2.24, 2.45) is 0 Å². The molecule has 0 amide bonds. The molecule has 0 spiro atoms. The lowest BCUT2D eigenvalue weighted by Gasteiger charge is -2.37. The van der Waals surface area contributed by atoms with Gasteiger partial charge in [0.1, 0.15) is 5.78 Å². The number of piperazine rings is 1. The minimum atomic E-state index is 0.349. The molecule has 0 bridgehead atoms. The number of hydrogen-bond donors (Lipinski definition) is 0. The molecule has 2 rings (SSSR count). The molecule has 1 aromatic carbocycles. The molecule has 0 saturated carbocycles. The van der Waals surface area contributed by atoms with Crippen molar-refractivity contribution in [3.05, 3.63) is 34.9 Å². The summed E-state index contributed by atoms with van der Waals surface area (Å²) >= 11 is 0. The highest BCUT2D eigenvalue weighted by molar-refractivity contribution is 5.81. The molecule has 1 aliphatic heterocycles. The minimum absolute atomic E-state index is 0.349. The maximum atomic E-state index is 12.3. The second-order valence-corrected chi connectivity index (χ2v) is 6.31. The quantitative estimate of drug-likeness (QED) is 0.839. The fourth-order valence-electron chi connectivity index (χ4n) is 3.06. The first-order chi connectivity index (χ1) is 9.44. The Morgan fingerprint density at radius 2 is 1.80 bits per heavy atom. The third-order valence-corrected chi connectivity index (χ3v) is 4.13. The van der Waals surface area contributed by atoms with Crippen LogP contribution in [0.25, 0.3) is 0 Å². The number of hydrogen-bond acceptors (Lipinski definition) is 3. The van der Waals surface area contributed by atoms with Crippen LogP contribution in [0.3, 0.4) is 0 Å². The Balaban J connectivity index is 1.94. The van der Waals surface area contributed by atoms with Crippen molar-refractivity contribution in [2.75, 3.05) is 33.7 Å². The van der Waals surface area contributed by atoms with Crippen LogP contribution in [0.4, 0.5) is 0 Å². The normalized spacial score (nSPS) is 21.1. The predicted molar refractivity (Wildman–Crippen MR) is 83.2 cm³/mol.